The lowest BCUT2D eigenvalue weighted by Gasteiger charge is -1.87. The van der Waals surface area contributed by atoms with E-state index in [1.165, 1.54) is 0 Å². The van der Waals surface area contributed by atoms with Gasteiger partial charge in [0.15, 0.2) is 0 Å². The van der Waals surface area contributed by atoms with Crippen molar-refractivity contribution in [2.45, 2.75) is 0 Å². The SMILES string of the molecule is C=NCCNC=O. The second kappa shape index (κ2) is 5.14. The minimum Gasteiger partial charge on any atom is -0.357 e. The molecule has 0 aliphatic rings. The van der Waals surface area contributed by atoms with Crippen LogP contribution in [-0.2, 0) is 4.79 Å². The first-order valence-corrected chi connectivity index (χ1v) is 2.01. The summed E-state index contributed by atoms with van der Waals surface area (Å²) in [4.78, 5) is 13.0. The molecule has 3 heteroatoms. The highest BCUT2D eigenvalue weighted by atomic mass is 16.1. The van der Waals surface area contributed by atoms with Gasteiger partial charge in [-0.05, 0) is 6.72 Å². The van der Waals surface area contributed by atoms with Gasteiger partial charge in [0.2, 0.25) is 6.41 Å². The van der Waals surface area contributed by atoms with Crippen LogP contribution in [0.2, 0.25) is 0 Å². The Morgan fingerprint density at radius 3 is 3.00 bits per heavy atom. The molecule has 0 spiro atoms. The van der Waals surface area contributed by atoms with Crippen LogP contribution in [0, 0.1) is 0 Å². The van der Waals surface area contributed by atoms with E-state index in [1.54, 1.807) is 0 Å². The Hall–Kier alpha value is -0.860. The predicted molar refractivity (Wildman–Crippen MR) is 28.5 cm³/mol. The van der Waals surface area contributed by atoms with Gasteiger partial charge in [-0.3, -0.25) is 9.79 Å². The molecule has 0 unspecified atom stereocenters. The Balaban J connectivity index is 2.68. The summed E-state index contributed by atoms with van der Waals surface area (Å²) in [5.41, 5.74) is 0. The number of hydrogen-bond donors (Lipinski definition) is 1. The molecule has 0 bridgehead atoms. The fourth-order valence-corrected chi connectivity index (χ4v) is 0.203. The molecule has 0 aromatic heterocycles. The molecule has 0 aliphatic carbocycles. The van der Waals surface area contributed by atoms with Crippen LogP contribution in [0.1, 0.15) is 0 Å². The summed E-state index contributed by atoms with van der Waals surface area (Å²) in [5.74, 6) is 0. The Kier molecular flexibility index (Phi) is 4.51. The zero-order valence-corrected chi connectivity index (χ0v) is 4.05. The summed E-state index contributed by atoms with van der Waals surface area (Å²) in [6, 6.07) is 0. The van der Waals surface area contributed by atoms with E-state index in [9.17, 15) is 4.79 Å². The van der Waals surface area contributed by atoms with Crippen molar-refractivity contribution in [1.82, 2.24) is 5.32 Å². The van der Waals surface area contributed by atoms with E-state index < -0.39 is 0 Å². The number of hydrogen-bond acceptors (Lipinski definition) is 2. The Bertz CT molecular complexity index is 54.7. The van der Waals surface area contributed by atoms with Gasteiger partial charge in [-0.15, -0.1) is 0 Å². The van der Waals surface area contributed by atoms with Crippen molar-refractivity contribution in [1.29, 1.82) is 0 Å². The molecule has 0 fully saturated rings. The summed E-state index contributed by atoms with van der Waals surface area (Å²) in [7, 11) is 0. The molecule has 3 nitrogen and oxygen atoms in total. The molecule has 0 saturated heterocycles. The highest BCUT2D eigenvalue weighted by molar-refractivity contribution is 5.45. The summed E-state index contributed by atoms with van der Waals surface area (Å²) >= 11 is 0. The first-order chi connectivity index (χ1) is 3.41. The number of rotatable bonds is 4. The third-order valence-electron chi connectivity index (χ3n) is 0.498. The zero-order chi connectivity index (χ0) is 5.54. The van der Waals surface area contributed by atoms with Crippen molar-refractivity contribution in [3.8, 4) is 0 Å². The summed E-state index contributed by atoms with van der Waals surface area (Å²) in [6.07, 6.45) is 0.644. The Morgan fingerprint density at radius 2 is 2.57 bits per heavy atom. The van der Waals surface area contributed by atoms with E-state index in [0.717, 1.165) is 0 Å². The quantitative estimate of drug-likeness (QED) is 0.287. The molecule has 0 radical (unpaired) electrons. The van der Waals surface area contributed by atoms with Crippen LogP contribution >= 0.6 is 0 Å². The van der Waals surface area contributed by atoms with Gasteiger partial charge in [-0.2, -0.15) is 0 Å². The molecule has 0 aromatic rings. The monoisotopic (exact) mass is 100 g/mol. The highest BCUT2D eigenvalue weighted by Gasteiger charge is 1.73. The van der Waals surface area contributed by atoms with Crippen molar-refractivity contribution in [3.05, 3.63) is 0 Å². The second-order valence-corrected chi connectivity index (χ2v) is 1.02. The molecular formula is C4H8N2O. The summed E-state index contributed by atoms with van der Waals surface area (Å²) < 4.78 is 0. The normalized spacial score (nSPS) is 7.43. The maximum atomic E-state index is 9.51. The van der Waals surface area contributed by atoms with Crippen molar-refractivity contribution in [3.63, 3.8) is 0 Å². The minimum absolute atomic E-state index is 0.590. The lowest BCUT2D eigenvalue weighted by molar-refractivity contribution is -0.109. The van der Waals surface area contributed by atoms with Gasteiger partial charge in [0, 0.05) is 6.54 Å². The van der Waals surface area contributed by atoms with Gasteiger partial charge < -0.3 is 5.32 Å². The van der Waals surface area contributed by atoms with Gasteiger partial charge in [-0.1, -0.05) is 0 Å². The molecule has 0 heterocycles. The molecule has 0 saturated carbocycles. The lowest BCUT2D eigenvalue weighted by atomic mass is 10.6. The second-order valence-electron chi connectivity index (χ2n) is 1.02. The minimum atomic E-state index is 0.590. The van der Waals surface area contributed by atoms with Crippen LogP contribution in [0.25, 0.3) is 0 Å². The Morgan fingerprint density at radius 1 is 1.86 bits per heavy atom. The van der Waals surface area contributed by atoms with E-state index in [0.29, 0.717) is 19.5 Å². The molecule has 40 valence electrons. The van der Waals surface area contributed by atoms with E-state index in [1.807, 2.05) is 0 Å². The molecule has 1 N–H and O–H groups in total. The molecule has 0 atom stereocenters. The molecule has 7 heavy (non-hydrogen) atoms. The van der Waals surface area contributed by atoms with E-state index in [-0.39, 0.29) is 0 Å². The van der Waals surface area contributed by atoms with E-state index >= 15 is 0 Å². The fourth-order valence-electron chi connectivity index (χ4n) is 0.203. The smallest absolute Gasteiger partial charge is 0.207 e. The Labute approximate surface area is 42.4 Å². The number of nitrogens with zero attached hydrogens (tertiary/aromatic N) is 1. The molecule has 1 amide bonds. The summed E-state index contributed by atoms with van der Waals surface area (Å²) in [6.45, 7) is 4.41. The van der Waals surface area contributed by atoms with Crippen LogP contribution in [0.4, 0.5) is 0 Å². The zero-order valence-electron chi connectivity index (χ0n) is 4.05. The van der Waals surface area contributed by atoms with Crippen LogP contribution in [0.15, 0.2) is 4.99 Å². The van der Waals surface area contributed by atoms with Crippen LogP contribution in [0.5, 0.6) is 0 Å². The van der Waals surface area contributed by atoms with Crippen molar-refractivity contribution >= 4 is 13.1 Å². The third kappa shape index (κ3) is 5.14. The fraction of sp³-hybridized carbons (Fsp3) is 0.500. The number of carbonyl (C=O) groups excluding carboxylic acids is 1. The number of carbonyl (C=O) groups is 1. The van der Waals surface area contributed by atoms with E-state index in [2.05, 4.69) is 17.0 Å². The van der Waals surface area contributed by atoms with Gasteiger partial charge >= 0.3 is 0 Å². The molecule has 0 aromatic carbocycles. The van der Waals surface area contributed by atoms with Gasteiger partial charge in [-0.25, -0.2) is 0 Å². The predicted octanol–water partition coefficient (Wildman–Crippen LogP) is -0.567. The van der Waals surface area contributed by atoms with E-state index in [4.69, 9.17) is 0 Å². The number of amides is 1. The standard InChI is InChI=1S/C4H8N2O/c1-5-2-3-6-4-7/h4H,1-3H2,(H,6,7). The largest absolute Gasteiger partial charge is 0.357 e. The maximum Gasteiger partial charge on any atom is 0.207 e. The molecule has 0 aliphatic heterocycles. The van der Waals surface area contributed by atoms with Crippen molar-refractivity contribution in [2.24, 2.45) is 4.99 Å². The highest BCUT2D eigenvalue weighted by Crippen LogP contribution is 1.57. The lowest BCUT2D eigenvalue weighted by Crippen LogP contribution is -2.14. The van der Waals surface area contributed by atoms with Gasteiger partial charge in [0.25, 0.3) is 0 Å². The van der Waals surface area contributed by atoms with Crippen LogP contribution in [-0.4, -0.2) is 26.2 Å². The first-order valence-electron chi connectivity index (χ1n) is 2.01. The average Bonchev–Trinajstić information content (AvgIpc) is 1.69. The third-order valence-corrected chi connectivity index (χ3v) is 0.498. The number of nitrogens with one attached hydrogen (secondary N) is 1. The van der Waals surface area contributed by atoms with Crippen molar-refractivity contribution < 1.29 is 4.79 Å². The van der Waals surface area contributed by atoms with Crippen LogP contribution < -0.4 is 5.32 Å². The van der Waals surface area contributed by atoms with Crippen LogP contribution in [0.3, 0.4) is 0 Å². The molecular weight excluding hydrogens is 92.1 g/mol. The average molecular weight is 100 g/mol. The number of aliphatic imine (C=N–C) groups is 1. The van der Waals surface area contributed by atoms with Gasteiger partial charge in [0.05, 0.1) is 6.54 Å². The molecule has 0 rings (SSSR count). The maximum absolute atomic E-state index is 9.51. The summed E-state index contributed by atoms with van der Waals surface area (Å²) in [5, 5.41) is 2.43. The topological polar surface area (TPSA) is 41.5 Å². The van der Waals surface area contributed by atoms with Gasteiger partial charge in [0.1, 0.15) is 0 Å². The van der Waals surface area contributed by atoms with Crippen molar-refractivity contribution in [2.75, 3.05) is 13.1 Å². The first kappa shape index (κ1) is 6.14.